The van der Waals surface area contributed by atoms with E-state index in [1.807, 2.05) is 24.3 Å². The molecule has 0 amide bonds. The number of ether oxygens (including phenoxy) is 1. The van der Waals surface area contributed by atoms with Crippen molar-refractivity contribution in [1.29, 1.82) is 0 Å². The molecule has 2 heteroatoms. The van der Waals surface area contributed by atoms with E-state index in [2.05, 4.69) is 19.1 Å². The lowest BCUT2D eigenvalue weighted by Gasteiger charge is -2.29. The maximum Gasteiger partial charge on any atom is 0.153 e. The van der Waals surface area contributed by atoms with Crippen LogP contribution in [0.5, 0.6) is 11.5 Å². The van der Waals surface area contributed by atoms with Crippen molar-refractivity contribution in [3.05, 3.63) is 47.5 Å². The van der Waals surface area contributed by atoms with Crippen LogP contribution in [0.3, 0.4) is 0 Å². The Hall–Kier alpha value is -1.96. The van der Waals surface area contributed by atoms with Crippen molar-refractivity contribution in [2.45, 2.75) is 44.9 Å². The van der Waals surface area contributed by atoms with Gasteiger partial charge in [0.1, 0.15) is 11.4 Å². The molecule has 1 aliphatic heterocycles. The summed E-state index contributed by atoms with van der Waals surface area (Å²) in [6.07, 6.45) is 6.63. The second kappa shape index (κ2) is 5.10. The second-order valence-corrected chi connectivity index (χ2v) is 6.16. The highest BCUT2D eigenvalue weighted by atomic mass is 16.5. The molecule has 0 aromatic heterocycles. The third kappa shape index (κ3) is 2.19. The molecule has 1 aliphatic carbocycles. The summed E-state index contributed by atoms with van der Waals surface area (Å²) < 4.78 is 6.07. The first-order valence-corrected chi connectivity index (χ1v) is 7.95. The molecule has 107 valence electrons. The van der Waals surface area contributed by atoms with Gasteiger partial charge >= 0.3 is 0 Å². The SMILES string of the molecule is Cc1ccc2c(c1C1CCCCC1)[N]c1ccccc1O2. The summed E-state index contributed by atoms with van der Waals surface area (Å²) in [6.45, 7) is 2.21. The first kappa shape index (κ1) is 12.8. The van der Waals surface area contributed by atoms with Crippen LogP contribution in [0.25, 0.3) is 0 Å². The number of para-hydroxylation sites is 2. The van der Waals surface area contributed by atoms with Crippen LogP contribution in [-0.2, 0) is 0 Å². The summed E-state index contributed by atoms with van der Waals surface area (Å²) in [5.74, 6) is 2.43. The first-order valence-electron chi connectivity index (χ1n) is 7.95. The van der Waals surface area contributed by atoms with Crippen molar-refractivity contribution in [3.63, 3.8) is 0 Å². The summed E-state index contributed by atoms with van der Waals surface area (Å²) in [4.78, 5) is 0. The molecule has 1 radical (unpaired) electrons. The maximum atomic E-state index is 6.07. The van der Waals surface area contributed by atoms with E-state index in [4.69, 9.17) is 10.1 Å². The zero-order chi connectivity index (χ0) is 14.2. The number of nitrogens with zero attached hydrogens (tertiary/aromatic N) is 1. The predicted octanol–water partition coefficient (Wildman–Crippen LogP) is 5.72. The van der Waals surface area contributed by atoms with Crippen molar-refractivity contribution in [2.24, 2.45) is 0 Å². The lowest BCUT2D eigenvalue weighted by Crippen LogP contribution is -2.12. The van der Waals surface area contributed by atoms with E-state index in [1.54, 1.807) is 0 Å². The molecule has 2 aromatic carbocycles. The molecule has 2 aliphatic rings. The minimum Gasteiger partial charge on any atom is -0.453 e. The molecule has 0 unspecified atom stereocenters. The van der Waals surface area contributed by atoms with Gasteiger partial charge in [-0.05, 0) is 55.0 Å². The van der Waals surface area contributed by atoms with Crippen LogP contribution in [0.15, 0.2) is 36.4 Å². The van der Waals surface area contributed by atoms with E-state index < -0.39 is 0 Å². The molecule has 21 heavy (non-hydrogen) atoms. The Balaban J connectivity index is 1.79. The molecule has 0 spiro atoms. The number of rotatable bonds is 1. The molecule has 4 rings (SSSR count). The molecule has 1 heterocycles. The van der Waals surface area contributed by atoms with Gasteiger partial charge in [0.2, 0.25) is 0 Å². The lowest BCUT2D eigenvalue weighted by molar-refractivity contribution is 0.435. The maximum absolute atomic E-state index is 6.07. The summed E-state index contributed by atoms with van der Waals surface area (Å²) in [5, 5.41) is 4.92. The van der Waals surface area contributed by atoms with Gasteiger partial charge in [-0.2, -0.15) is 0 Å². The molecule has 0 saturated heterocycles. The molecule has 0 atom stereocenters. The zero-order valence-corrected chi connectivity index (χ0v) is 12.4. The fraction of sp³-hybridized carbons (Fsp3) is 0.368. The highest BCUT2D eigenvalue weighted by Crippen LogP contribution is 2.48. The third-order valence-electron chi connectivity index (χ3n) is 4.73. The largest absolute Gasteiger partial charge is 0.453 e. The van der Waals surface area contributed by atoms with Crippen LogP contribution in [0.2, 0.25) is 0 Å². The standard InChI is InChI=1S/C19H20NO/c1-13-11-12-17-19(18(13)14-7-3-2-4-8-14)20-15-9-5-6-10-16(15)21-17/h5-6,9-12,14H,2-4,7-8H2,1H3. The van der Waals surface area contributed by atoms with E-state index in [0.717, 1.165) is 22.9 Å². The van der Waals surface area contributed by atoms with E-state index >= 15 is 0 Å². The Bertz CT molecular complexity index is 671. The van der Waals surface area contributed by atoms with Gasteiger partial charge in [0, 0.05) is 0 Å². The van der Waals surface area contributed by atoms with E-state index in [0.29, 0.717) is 5.92 Å². The van der Waals surface area contributed by atoms with Crippen LogP contribution in [0.1, 0.15) is 49.1 Å². The van der Waals surface area contributed by atoms with E-state index in [-0.39, 0.29) is 0 Å². The number of hydrogen-bond acceptors (Lipinski definition) is 1. The Morgan fingerprint density at radius 1 is 0.952 bits per heavy atom. The number of benzene rings is 2. The molecule has 1 fully saturated rings. The van der Waals surface area contributed by atoms with Crippen LogP contribution in [-0.4, -0.2) is 0 Å². The summed E-state index contributed by atoms with van der Waals surface area (Å²) in [7, 11) is 0. The van der Waals surface area contributed by atoms with Crippen molar-refractivity contribution in [1.82, 2.24) is 5.32 Å². The van der Waals surface area contributed by atoms with Gasteiger partial charge in [0.15, 0.2) is 11.5 Å². The molecule has 0 bridgehead atoms. The van der Waals surface area contributed by atoms with Gasteiger partial charge in [-0.25, -0.2) is 5.32 Å². The second-order valence-electron chi connectivity index (χ2n) is 6.16. The highest BCUT2D eigenvalue weighted by molar-refractivity contribution is 5.72. The summed E-state index contributed by atoms with van der Waals surface area (Å²) >= 11 is 0. The molecule has 1 saturated carbocycles. The molecular weight excluding hydrogens is 258 g/mol. The summed E-state index contributed by atoms with van der Waals surface area (Å²) in [6, 6.07) is 12.3. The number of hydrogen-bond donors (Lipinski definition) is 0. The van der Waals surface area contributed by atoms with Gasteiger partial charge in [-0.3, -0.25) is 0 Å². The monoisotopic (exact) mass is 278 g/mol. The quantitative estimate of drug-likeness (QED) is 0.558. The molecule has 2 nitrogen and oxygen atoms in total. The Labute approximate surface area is 126 Å². The number of fused-ring (bicyclic) bond motifs is 2. The molecular formula is C19H20NO. The third-order valence-corrected chi connectivity index (χ3v) is 4.73. The zero-order valence-electron chi connectivity index (χ0n) is 12.4. The minimum atomic E-state index is 0.645. The van der Waals surface area contributed by atoms with Gasteiger partial charge < -0.3 is 4.74 Å². The lowest BCUT2D eigenvalue weighted by atomic mass is 9.81. The Morgan fingerprint density at radius 2 is 1.76 bits per heavy atom. The highest BCUT2D eigenvalue weighted by Gasteiger charge is 2.27. The molecule has 2 aromatic rings. The first-order chi connectivity index (χ1) is 10.3. The fourth-order valence-electron chi connectivity index (χ4n) is 3.67. The normalized spacial score (nSPS) is 17.4. The Morgan fingerprint density at radius 3 is 2.62 bits per heavy atom. The van der Waals surface area contributed by atoms with Gasteiger partial charge in [-0.15, -0.1) is 0 Å². The van der Waals surface area contributed by atoms with Gasteiger partial charge in [0.25, 0.3) is 0 Å². The van der Waals surface area contributed by atoms with Gasteiger partial charge in [0.05, 0.1) is 0 Å². The average Bonchev–Trinajstić information content (AvgIpc) is 2.54. The van der Waals surface area contributed by atoms with Crippen molar-refractivity contribution in [3.8, 4) is 11.5 Å². The van der Waals surface area contributed by atoms with Crippen LogP contribution >= 0.6 is 0 Å². The summed E-state index contributed by atoms with van der Waals surface area (Å²) in [5.41, 5.74) is 4.79. The molecule has 0 N–H and O–H groups in total. The topological polar surface area (TPSA) is 23.3 Å². The van der Waals surface area contributed by atoms with Crippen molar-refractivity contribution < 1.29 is 4.74 Å². The van der Waals surface area contributed by atoms with Crippen molar-refractivity contribution >= 4 is 11.4 Å². The predicted molar refractivity (Wildman–Crippen MR) is 85.0 cm³/mol. The van der Waals surface area contributed by atoms with Crippen LogP contribution < -0.4 is 10.1 Å². The minimum absolute atomic E-state index is 0.645. The average molecular weight is 278 g/mol. The van der Waals surface area contributed by atoms with E-state index in [9.17, 15) is 0 Å². The van der Waals surface area contributed by atoms with Crippen LogP contribution in [0, 0.1) is 6.92 Å². The van der Waals surface area contributed by atoms with Gasteiger partial charge in [-0.1, -0.05) is 37.5 Å². The van der Waals surface area contributed by atoms with Crippen molar-refractivity contribution in [2.75, 3.05) is 0 Å². The Kier molecular flexibility index (Phi) is 3.10. The number of aryl methyl sites for hydroxylation is 1. The van der Waals surface area contributed by atoms with E-state index in [1.165, 1.54) is 43.2 Å². The van der Waals surface area contributed by atoms with Crippen LogP contribution in [0.4, 0.5) is 11.4 Å². The fourth-order valence-corrected chi connectivity index (χ4v) is 3.67. The smallest absolute Gasteiger partial charge is 0.153 e.